The van der Waals surface area contributed by atoms with Crippen LogP contribution in [0.15, 0.2) is 0 Å². The molecule has 4 heteroatoms. The highest BCUT2D eigenvalue weighted by molar-refractivity contribution is 7.99. The Hall–Kier alpha value is -0.0600. The summed E-state index contributed by atoms with van der Waals surface area (Å²) in [5, 5.41) is 5.55. The van der Waals surface area contributed by atoms with Gasteiger partial charge in [0, 0.05) is 10.9 Å². The number of rotatable bonds is 2. The van der Waals surface area contributed by atoms with E-state index < -0.39 is 0 Å². The summed E-state index contributed by atoms with van der Waals surface area (Å²) in [5.41, 5.74) is 1.76. The summed E-state index contributed by atoms with van der Waals surface area (Å²) in [4.78, 5) is 6.50. The Labute approximate surface area is 118 Å². The average Bonchev–Trinajstić information content (AvgIpc) is 2.93. The van der Waals surface area contributed by atoms with Gasteiger partial charge in [0.15, 0.2) is 0 Å². The Bertz CT molecular complexity index is 433. The van der Waals surface area contributed by atoms with Crippen molar-refractivity contribution in [2.24, 2.45) is 5.41 Å². The van der Waals surface area contributed by atoms with Crippen LogP contribution in [-0.2, 0) is 6.42 Å². The van der Waals surface area contributed by atoms with Gasteiger partial charge in [-0.15, -0.1) is 11.3 Å². The molecule has 0 saturated carbocycles. The second-order valence-corrected chi connectivity index (χ2v) is 8.62. The molecule has 2 aliphatic rings. The van der Waals surface area contributed by atoms with Crippen molar-refractivity contribution in [3.8, 4) is 0 Å². The number of fused-ring (bicyclic) bond motifs is 1. The molecule has 1 aliphatic heterocycles. The molecule has 0 amide bonds. The molecule has 2 atom stereocenters. The van der Waals surface area contributed by atoms with Gasteiger partial charge in [0.05, 0.1) is 10.9 Å². The Morgan fingerprint density at radius 2 is 2.22 bits per heavy atom. The molecule has 0 aromatic carbocycles. The van der Waals surface area contributed by atoms with Crippen molar-refractivity contribution in [2.75, 3.05) is 12.8 Å². The molecule has 18 heavy (non-hydrogen) atoms. The zero-order valence-electron chi connectivity index (χ0n) is 11.5. The molecule has 100 valence electrons. The maximum atomic E-state index is 4.98. The maximum Gasteiger partial charge on any atom is 0.106 e. The van der Waals surface area contributed by atoms with Crippen LogP contribution in [-0.4, -0.2) is 17.8 Å². The van der Waals surface area contributed by atoms with E-state index in [-0.39, 0.29) is 0 Å². The zero-order valence-corrected chi connectivity index (χ0v) is 13.1. The monoisotopic (exact) mass is 282 g/mol. The summed E-state index contributed by atoms with van der Waals surface area (Å²) >= 11 is 4.07. The van der Waals surface area contributed by atoms with Crippen LogP contribution in [0.3, 0.4) is 0 Å². The number of thioether (sulfide) groups is 1. The number of hydrogen-bond donors (Lipinski definition) is 1. The normalized spacial score (nSPS) is 30.4. The Balaban J connectivity index is 1.92. The van der Waals surface area contributed by atoms with Gasteiger partial charge >= 0.3 is 0 Å². The van der Waals surface area contributed by atoms with E-state index in [1.54, 1.807) is 0 Å². The molecule has 3 rings (SSSR count). The Kier molecular flexibility index (Phi) is 3.45. The number of aromatic nitrogens is 1. The van der Waals surface area contributed by atoms with Gasteiger partial charge in [-0.05, 0) is 43.9 Å². The Morgan fingerprint density at radius 1 is 1.39 bits per heavy atom. The first-order valence-corrected chi connectivity index (χ1v) is 8.74. The minimum atomic E-state index is 0.384. The summed E-state index contributed by atoms with van der Waals surface area (Å²) in [6, 6.07) is 0.515. The van der Waals surface area contributed by atoms with Gasteiger partial charge in [0.25, 0.3) is 0 Å². The summed E-state index contributed by atoms with van der Waals surface area (Å²) in [5.74, 6) is 1.32. The third-order valence-corrected chi connectivity index (χ3v) is 6.88. The van der Waals surface area contributed by atoms with Crippen LogP contribution in [0, 0.1) is 5.41 Å². The van der Waals surface area contributed by atoms with Gasteiger partial charge < -0.3 is 5.32 Å². The van der Waals surface area contributed by atoms with Gasteiger partial charge in [0.2, 0.25) is 0 Å². The minimum Gasteiger partial charge on any atom is -0.312 e. The highest BCUT2D eigenvalue weighted by atomic mass is 32.2. The van der Waals surface area contributed by atoms with E-state index in [9.17, 15) is 0 Å². The van der Waals surface area contributed by atoms with E-state index in [1.165, 1.54) is 40.6 Å². The molecule has 0 bridgehead atoms. The summed E-state index contributed by atoms with van der Waals surface area (Å²) in [6.07, 6.45) is 5.07. The molecule has 2 heterocycles. The third-order valence-electron chi connectivity index (χ3n) is 4.02. The second kappa shape index (κ2) is 4.80. The van der Waals surface area contributed by atoms with Gasteiger partial charge in [-0.1, -0.05) is 13.8 Å². The second-order valence-electron chi connectivity index (χ2n) is 6.25. The topological polar surface area (TPSA) is 24.9 Å². The molecule has 1 aromatic heterocycles. The van der Waals surface area contributed by atoms with Gasteiger partial charge in [-0.2, -0.15) is 11.8 Å². The van der Waals surface area contributed by atoms with Gasteiger partial charge in [-0.3, -0.25) is 0 Å². The van der Waals surface area contributed by atoms with Crippen LogP contribution in [0.5, 0.6) is 0 Å². The summed E-state index contributed by atoms with van der Waals surface area (Å²) < 4.78 is 0. The van der Waals surface area contributed by atoms with Crippen molar-refractivity contribution >= 4 is 23.1 Å². The predicted molar refractivity (Wildman–Crippen MR) is 80.4 cm³/mol. The fraction of sp³-hybridized carbons (Fsp3) is 0.786. The smallest absolute Gasteiger partial charge is 0.106 e. The molecule has 1 aromatic rings. The summed E-state index contributed by atoms with van der Waals surface area (Å²) in [7, 11) is 2.08. The highest BCUT2D eigenvalue weighted by Gasteiger charge is 2.35. The standard InChI is InChI=1S/C14H22N2S2/c1-14(2)7-9(15-3)12-10(8-14)16-13(18-12)11-5-4-6-17-11/h9,11,15H,4-8H2,1-3H3. The zero-order chi connectivity index (χ0) is 12.8. The van der Waals surface area contributed by atoms with Crippen molar-refractivity contribution in [1.29, 1.82) is 0 Å². The highest BCUT2D eigenvalue weighted by Crippen LogP contribution is 2.47. The first kappa shape index (κ1) is 12.9. The van der Waals surface area contributed by atoms with E-state index in [1.807, 2.05) is 11.3 Å². The number of nitrogens with zero attached hydrogens (tertiary/aromatic N) is 1. The molecule has 0 radical (unpaired) electrons. The van der Waals surface area contributed by atoms with Crippen molar-refractivity contribution < 1.29 is 0 Å². The molecule has 2 nitrogen and oxygen atoms in total. The van der Waals surface area contributed by atoms with Crippen LogP contribution in [0.25, 0.3) is 0 Å². The van der Waals surface area contributed by atoms with Crippen molar-refractivity contribution in [3.63, 3.8) is 0 Å². The van der Waals surface area contributed by atoms with Crippen molar-refractivity contribution in [1.82, 2.24) is 10.3 Å². The SMILES string of the molecule is CNC1CC(C)(C)Cc2nc(C3CCCS3)sc21. The fourth-order valence-corrected chi connectivity index (χ4v) is 5.80. The van der Waals surface area contributed by atoms with Crippen LogP contribution >= 0.6 is 23.1 Å². The van der Waals surface area contributed by atoms with Gasteiger partial charge in [0.1, 0.15) is 5.01 Å². The maximum absolute atomic E-state index is 4.98. The van der Waals surface area contributed by atoms with Crippen molar-refractivity contribution in [3.05, 3.63) is 15.6 Å². The van der Waals surface area contributed by atoms with Crippen LogP contribution < -0.4 is 5.32 Å². The molecular weight excluding hydrogens is 260 g/mol. The van der Waals surface area contributed by atoms with Crippen LogP contribution in [0.2, 0.25) is 0 Å². The number of thiazole rings is 1. The first-order valence-electron chi connectivity index (χ1n) is 6.87. The largest absolute Gasteiger partial charge is 0.312 e. The molecule has 1 saturated heterocycles. The average molecular weight is 282 g/mol. The van der Waals surface area contributed by atoms with Crippen LogP contribution in [0.4, 0.5) is 0 Å². The van der Waals surface area contributed by atoms with E-state index in [0.29, 0.717) is 16.7 Å². The molecular formula is C14H22N2S2. The molecule has 2 unspecified atom stereocenters. The van der Waals surface area contributed by atoms with Crippen LogP contribution in [0.1, 0.15) is 60.0 Å². The minimum absolute atomic E-state index is 0.384. The number of nitrogens with one attached hydrogen (secondary N) is 1. The van der Waals surface area contributed by atoms with Gasteiger partial charge in [-0.25, -0.2) is 4.98 Å². The lowest BCUT2D eigenvalue weighted by Crippen LogP contribution is -2.30. The predicted octanol–water partition coefficient (Wildman–Crippen LogP) is 3.94. The Morgan fingerprint density at radius 3 is 2.89 bits per heavy atom. The molecule has 1 fully saturated rings. The molecule has 1 aliphatic carbocycles. The summed E-state index contributed by atoms with van der Waals surface area (Å²) in [6.45, 7) is 4.73. The van der Waals surface area contributed by atoms with E-state index in [0.717, 1.165) is 6.42 Å². The lowest BCUT2D eigenvalue weighted by Gasteiger charge is -2.34. The van der Waals surface area contributed by atoms with E-state index in [4.69, 9.17) is 4.98 Å². The fourth-order valence-electron chi connectivity index (χ4n) is 3.10. The number of hydrogen-bond acceptors (Lipinski definition) is 4. The quantitative estimate of drug-likeness (QED) is 0.889. The lowest BCUT2D eigenvalue weighted by atomic mass is 9.76. The first-order chi connectivity index (χ1) is 8.59. The lowest BCUT2D eigenvalue weighted by molar-refractivity contribution is 0.265. The van der Waals surface area contributed by atoms with E-state index in [2.05, 4.69) is 38.0 Å². The third kappa shape index (κ3) is 2.35. The van der Waals surface area contributed by atoms with Crippen molar-refractivity contribution in [2.45, 2.75) is 50.8 Å². The van der Waals surface area contributed by atoms with E-state index >= 15 is 0 Å². The molecule has 0 spiro atoms. The molecule has 1 N–H and O–H groups in total.